The Bertz CT molecular complexity index is 821. The van der Waals surface area contributed by atoms with Gasteiger partial charge >= 0.3 is 5.97 Å². The molecule has 6 nitrogen and oxygen atoms in total. The van der Waals surface area contributed by atoms with Gasteiger partial charge in [0.15, 0.2) is 15.5 Å². The van der Waals surface area contributed by atoms with Crippen molar-refractivity contribution in [2.75, 3.05) is 5.75 Å². The highest BCUT2D eigenvalue weighted by molar-refractivity contribution is 7.91. The van der Waals surface area contributed by atoms with Crippen molar-refractivity contribution >= 4 is 26.7 Å². The number of sulfone groups is 1. The minimum absolute atomic E-state index is 0.362. The molecule has 9 heteroatoms. The minimum atomic E-state index is -4.08. The second-order valence-electron chi connectivity index (χ2n) is 3.87. The number of aromatic nitrogens is 2. The molecule has 0 radical (unpaired) electrons. The topological polar surface area (TPSA) is 97.2 Å². The quantitative estimate of drug-likeness (QED) is 0.920. The highest BCUT2D eigenvalue weighted by Crippen LogP contribution is 2.28. The molecule has 2 aromatic rings. The maximum absolute atomic E-state index is 13.9. The van der Waals surface area contributed by atoms with E-state index in [4.69, 9.17) is 5.11 Å². The van der Waals surface area contributed by atoms with Gasteiger partial charge in [-0.2, -0.15) is 0 Å². The van der Waals surface area contributed by atoms with Gasteiger partial charge in [0.1, 0.15) is 22.0 Å². The second kappa shape index (κ2) is 4.75. The van der Waals surface area contributed by atoms with E-state index in [1.165, 1.54) is 6.92 Å². The number of carbonyl (C=O) groups is 1. The summed E-state index contributed by atoms with van der Waals surface area (Å²) in [6.07, 6.45) is 0. The third-order valence-corrected chi connectivity index (χ3v) is 4.41. The molecule has 0 saturated carbocycles. The third-order valence-electron chi connectivity index (χ3n) is 2.63. The van der Waals surface area contributed by atoms with E-state index in [2.05, 4.69) is 10.2 Å². The van der Waals surface area contributed by atoms with E-state index in [-0.39, 0.29) is 5.52 Å². The van der Waals surface area contributed by atoms with Gasteiger partial charge in [0.2, 0.25) is 0 Å². The molecule has 0 aliphatic rings. The summed E-state index contributed by atoms with van der Waals surface area (Å²) in [5.74, 6) is -4.28. The number of halogens is 2. The van der Waals surface area contributed by atoms with E-state index in [0.717, 1.165) is 6.07 Å². The summed E-state index contributed by atoms with van der Waals surface area (Å²) in [4.78, 5) is 10.3. The lowest BCUT2D eigenvalue weighted by Gasteiger charge is -2.09. The first-order chi connectivity index (χ1) is 9.27. The van der Waals surface area contributed by atoms with Gasteiger partial charge in [0.25, 0.3) is 0 Å². The SMILES string of the molecule is CCS(=O)(=O)c1c(C(=O)O)nnc2cc(F)cc(F)c12. The second-order valence-corrected chi connectivity index (χ2v) is 6.08. The minimum Gasteiger partial charge on any atom is -0.476 e. The Kier molecular flexibility index (Phi) is 3.38. The number of fused-ring (bicyclic) bond motifs is 1. The van der Waals surface area contributed by atoms with Crippen LogP contribution in [0.4, 0.5) is 8.78 Å². The van der Waals surface area contributed by atoms with E-state index < -0.39 is 49.2 Å². The summed E-state index contributed by atoms with van der Waals surface area (Å²) < 4.78 is 50.9. The molecule has 0 amide bonds. The molecule has 2 rings (SSSR count). The number of hydrogen-bond donors (Lipinski definition) is 1. The van der Waals surface area contributed by atoms with Crippen molar-refractivity contribution in [3.63, 3.8) is 0 Å². The molecule has 1 aromatic heterocycles. The summed E-state index contributed by atoms with van der Waals surface area (Å²) in [6, 6.07) is 1.25. The average molecular weight is 302 g/mol. The molecule has 0 aliphatic heterocycles. The molecule has 0 saturated heterocycles. The van der Waals surface area contributed by atoms with Crippen molar-refractivity contribution in [1.82, 2.24) is 10.2 Å². The van der Waals surface area contributed by atoms with E-state index in [1.54, 1.807) is 0 Å². The molecule has 0 unspecified atom stereocenters. The van der Waals surface area contributed by atoms with Crippen molar-refractivity contribution < 1.29 is 27.1 Å². The van der Waals surface area contributed by atoms with Gasteiger partial charge in [-0.15, -0.1) is 10.2 Å². The molecule has 0 atom stereocenters. The number of carboxylic acids is 1. The van der Waals surface area contributed by atoms with Crippen LogP contribution in [-0.2, 0) is 9.84 Å². The Hall–Kier alpha value is -2.16. The van der Waals surface area contributed by atoms with Crippen molar-refractivity contribution in [3.8, 4) is 0 Å². The van der Waals surface area contributed by atoms with Gasteiger partial charge in [-0.25, -0.2) is 22.0 Å². The molecule has 106 valence electrons. The highest BCUT2D eigenvalue weighted by atomic mass is 32.2. The van der Waals surface area contributed by atoms with E-state index in [0.29, 0.717) is 6.07 Å². The van der Waals surface area contributed by atoms with Gasteiger partial charge in [0, 0.05) is 12.1 Å². The first-order valence-electron chi connectivity index (χ1n) is 5.39. The van der Waals surface area contributed by atoms with Crippen molar-refractivity contribution in [2.24, 2.45) is 0 Å². The largest absolute Gasteiger partial charge is 0.476 e. The van der Waals surface area contributed by atoms with E-state index >= 15 is 0 Å². The van der Waals surface area contributed by atoms with Crippen LogP contribution >= 0.6 is 0 Å². The lowest BCUT2D eigenvalue weighted by Crippen LogP contribution is -2.15. The highest BCUT2D eigenvalue weighted by Gasteiger charge is 2.28. The maximum atomic E-state index is 13.9. The van der Waals surface area contributed by atoms with Gasteiger partial charge in [-0.1, -0.05) is 6.92 Å². The molecule has 1 N–H and O–H groups in total. The number of hydrogen-bond acceptors (Lipinski definition) is 5. The molecule has 0 spiro atoms. The zero-order valence-corrected chi connectivity index (χ0v) is 10.9. The fourth-order valence-corrected chi connectivity index (χ4v) is 2.94. The Morgan fingerprint density at radius 1 is 1.30 bits per heavy atom. The van der Waals surface area contributed by atoms with Crippen LogP contribution in [0, 0.1) is 11.6 Å². The maximum Gasteiger partial charge on any atom is 0.357 e. The molecule has 0 aliphatic carbocycles. The summed E-state index contributed by atoms with van der Waals surface area (Å²) in [5, 5.41) is 15.0. The monoisotopic (exact) mass is 302 g/mol. The van der Waals surface area contributed by atoms with E-state index in [1.807, 2.05) is 0 Å². The Morgan fingerprint density at radius 3 is 2.50 bits per heavy atom. The van der Waals surface area contributed by atoms with Gasteiger partial charge in [-0.05, 0) is 0 Å². The van der Waals surface area contributed by atoms with Crippen LogP contribution in [0.5, 0.6) is 0 Å². The molecule has 1 aromatic carbocycles. The number of nitrogens with zero attached hydrogens (tertiary/aromatic N) is 2. The molecule has 0 bridgehead atoms. The van der Waals surface area contributed by atoms with Crippen LogP contribution in [0.15, 0.2) is 17.0 Å². The molecule has 20 heavy (non-hydrogen) atoms. The fraction of sp³-hybridized carbons (Fsp3) is 0.182. The van der Waals surface area contributed by atoms with Crippen molar-refractivity contribution in [1.29, 1.82) is 0 Å². The fourth-order valence-electron chi connectivity index (χ4n) is 1.72. The summed E-state index contributed by atoms with van der Waals surface area (Å²) in [6.45, 7) is 1.27. The van der Waals surface area contributed by atoms with Crippen LogP contribution < -0.4 is 0 Å². The predicted octanol–water partition coefficient (Wildman–Crippen LogP) is 1.40. The summed E-state index contributed by atoms with van der Waals surface area (Å²) >= 11 is 0. The van der Waals surface area contributed by atoms with Crippen molar-refractivity contribution in [3.05, 3.63) is 29.5 Å². The zero-order chi connectivity index (χ0) is 15.1. The molecule has 0 fully saturated rings. The zero-order valence-electron chi connectivity index (χ0n) is 10.1. The molecule has 1 heterocycles. The first-order valence-corrected chi connectivity index (χ1v) is 7.04. The Morgan fingerprint density at radius 2 is 1.95 bits per heavy atom. The lowest BCUT2D eigenvalue weighted by molar-refractivity contribution is 0.0685. The third kappa shape index (κ3) is 2.20. The van der Waals surface area contributed by atoms with Crippen LogP contribution in [0.2, 0.25) is 0 Å². The van der Waals surface area contributed by atoms with Crippen LogP contribution in [-0.4, -0.2) is 35.4 Å². The van der Waals surface area contributed by atoms with Crippen LogP contribution in [0.1, 0.15) is 17.4 Å². The standard InChI is InChI=1S/C11H8F2N2O4S/c1-2-20(18,19)10-8-6(13)3-5(12)4-7(8)14-15-9(10)11(16)17/h3-4H,2H2,1H3,(H,16,17). The normalized spacial score (nSPS) is 11.8. The number of carboxylic acid groups (broad SMARTS) is 1. The number of benzene rings is 1. The molecular weight excluding hydrogens is 294 g/mol. The lowest BCUT2D eigenvalue weighted by atomic mass is 10.2. The van der Waals surface area contributed by atoms with E-state index in [9.17, 15) is 22.0 Å². The first kappa shape index (κ1) is 14.3. The van der Waals surface area contributed by atoms with Gasteiger partial charge in [0.05, 0.1) is 11.1 Å². The number of rotatable bonds is 3. The molecular formula is C11H8F2N2O4S. The van der Waals surface area contributed by atoms with Crippen molar-refractivity contribution in [2.45, 2.75) is 11.8 Å². The summed E-state index contributed by atoms with van der Waals surface area (Å²) in [7, 11) is -4.08. The summed E-state index contributed by atoms with van der Waals surface area (Å²) in [5.41, 5.74) is -1.25. The smallest absolute Gasteiger partial charge is 0.357 e. The van der Waals surface area contributed by atoms with Gasteiger partial charge in [-0.3, -0.25) is 0 Å². The predicted molar refractivity (Wildman–Crippen MR) is 64.1 cm³/mol. The Labute approximate surface area is 112 Å². The Balaban J connectivity index is 3.07. The van der Waals surface area contributed by atoms with Crippen LogP contribution in [0.25, 0.3) is 10.9 Å². The number of aromatic carboxylic acids is 1. The van der Waals surface area contributed by atoms with Crippen LogP contribution in [0.3, 0.4) is 0 Å². The van der Waals surface area contributed by atoms with Gasteiger partial charge < -0.3 is 5.11 Å². The average Bonchev–Trinajstić information content (AvgIpc) is 2.36.